The highest BCUT2D eigenvalue weighted by atomic mass is 16.5. The van der Waals surface area contributed by atoms with Crippen molar-refractivity contribution in [1.82, 2.24) is 10.6 Å². The molecule has 0 heterocycles. The van der Waals surface area contributed by atoms with Gasteiger partial charge in [-0.25, -0.2) is 9.59 Å². The van der Waals surface area contributed by atoms with E-state index in [0.29, 0.717) is 31.6 Å². The summed E-state index contributed by atoms with van der Waals surface area (Å²) >= 11 is 0. The molecule has 42 heavy (non-hydrogen) atoms. The van der Waals surface area contributed by atoms with Crippen LogP contribution in [-0.4, -0.2) is 47.4 Å². The average molecular weight is 571 g/mol. The molecule has 0 unspecified atom stereocenters. The SMILES string of the molecule is CC1CCC(NC(=O)[C@H](NC(=O)OCC2c3ccccc3-c3ccccc32)[C@H](C)OCc2ccccc2)(C(=O)O)CC1. The predicted molar refractivity (Wildman–Crippen MR) is 159 cm³/mol. The summed E-state index contributed by atoms with van der Waals surface area (Å²) in [6.45, 7) is 4.08. The summed E-state index contributed by atoms with van der Waals surface area (Å²) in [4.78, 5) is 39.2. The van der Waals surface area contributed by atoms with E-state index in [1.807, 2.05) is 66.7 Å². The minimum absolute atomic E-state index is 0.0877. The fraction of sp³-hybridized carbons (Fsp3) is 0.382. The van der Waals surface area contributed by atoms with Crippen LogP contribution in [0.25, 0.3) is 11.1 Å². The summed E-state index contributed by atoms with van der Waals surface area (Å²) in [6, 6.07) is 24.4. The fourth-order valence-electron chi connectivity index (χ4n) is 6.02. The number of hydrogen-bond acceptors (Lipinski definition) is 5. The third-order valence-electron chi connectivity index (χ3n) is 8.62. The van der Waals surface area contributed by atoms with E-state index in [1.54, 1.807) is 6.92 Å². The number of ether oxygens (including phenoxy) is 2. The molecular formula is C34H38N2O6. The Bertz CT molecular complexity index is 1370. The number of carboxylic acids is 1. The highest BCUT2D eigenvalue weighted by molar-refractivity contribution is 5.92. The standard InChI is InChI=1S/C34H38N2O6/c1-22-16-18-34(19-17-22,32(38)39)36-31(37)30(23(2)41-20-24-10-4-3-5-11-24)35-33(40)42-21-29-27-14-8-6-12-25(27)26-13-7-9-15-28(26)29/h3-15,22-23,29-30H,16-21H2,1-2H3,(H,35,40)(H,36,37)(H,38,39)/t22?,23-,30+,34?/m0/s1. The van der Waals surface area contributed by atoms with Crippen molar-refractivity contribution in [3.63, 3.8) is 0 Å². The summed E-state index contributed by atoms with van der Waals surface area (Å²) in [5.74, 6) is -1.43. The molecule has 1 fully saturated rings. The molecule has 8 nitrogen and oxygen atoms in total. The molecule has 8 heteroatoms. The van der Waals surface area contributed by atoms with Crippen LogP contribution in [0.2, 0.25) is 0 Å². The lowest BCUT2D eigenvalue weighted by molar-refractivity contribution is -0.150. The van der Waals surface area contributed by atoms with Gasteiger partial charge in [0.15, 0.2) is 0 Å². The number of carboxylic acid groups (broad SMARTS) is 1. The zero-order chi connectivity index (χ0) is 29.7. The number of alkyl carbamates (subject to hydrolysis) is 1. The molecular weight excluding hydrogens is 532 g/mol. The predicted octanol–water partition coefficient (Wildman–Crippen LogP) is 5.65. The van der Waals surface area contributed by atoms with Crippen LogP contribution in [-0.2, 0) is 25.7 Å². The maximum atomic E-state index is 13.7. The van der Waals surface area contributed by atoms with Crippen molar-refractivity contribution >= 4 is 18.0 Å². The molecule has 0 bridgehead atoms. The molecule has 2 atom stereocenters. The van der Waals surface area contributed by atoms with Crippen LogP contribution < -0.4 is 10.6 Å². The Morgan fingerprint density at radius 1 is 0.905 bits per heavy atom. The van der Waals surface area contributed by atoms with Crippen molar-refractivity contribution < 1.29 is 29.0 Å². The van der Waals surface area contributed by atoms with Gasteiger partial charge in [0.1, 0.15) is 18.2 Å². The van der Waals surface area contributed by atoms with Gasteiger partial charge in [-0.05, 0) is 66.3 Å². The lowest BCUT2D eigenvalue weighted by Gasteiger charge is -2.38. The number of carbonyl (C=O) groups excluding carboxylic acids is 2. The smallest absolute Gasteiger partial charge is 0.407 e. The van der Waals surface area contributed by atoms with Crippen LogP contribution in [0.1, 0.15) is 62.1 Å². The molecule has 0 spiro atoms. The van der Waals surface area contributed by atoms with Gasteiger partial charge < -0.3 is 25.2 Å². The molecule has 0 radical (unpaired) electrons. The van der Waals surface area contributed by atoms with Crippen LogP contribution >= 0.6 is 0 Å². The van der Waals surface area contributed by atoms with Gasteiger partial charge in [0, 0.05) is 5.92 Å². The number of nitrogens with one attached hydrogen (secondary N) is 2. The van der Waals surface area contributed by atoms with Crippen LogP contribution in [0, 0.1) is 5.92 Å². The molecule has 0 saturated heterocycles. The second kappa shape index (κ2) is 12.8. The van der Waals surface area contributed by atoms with Gasteiger partial charge in [-0.1, -0.05) is 85.8 Å². The lowest BCUT2D eigenvalue weighted by Crippen LogP contribution is -2.62. The topological polar surface area (TPSA) is 114 Å². The Labute approximate surface area is 246 Å². The first-order chi connectivity index (χ1) is 20.3. The van der Waals surface area contributed by atoms with E-state index in [-0.39, 0.29) is 19.1 Å². The van der Waals surface area contributed by atoms with Gasteiger partial charge in [-0.3, -0.25) is 4.79 Å². The Kier molecular flexibility index (Phi) is 8.92. The summed E-state index contributed by atoms with van der Waals surface area (Å²) in [5.41, 5.74) is 3.91. The average Bonchev–Trinajstić information content (AvgIpc) is 3.32. The molecule has 0 aromatic heterocycles. The largest absolute Gasteiger partial charge is 0.480 e. The first kappa shape index (κ1) is 29.3. The van der Waals surface area contributed by atoms with E-state index in [1.165, 1.54) is 0 Å². The van der Waals surface area contributed by atoms with E-state index >= 15 is 0 Å². The molecule has 3 aromatic rings. The Balaban J connectivity index is 1.30. The number of hydrogen-bond donors (Lipinski definition) is 3. The molecule has 0 aliphatic heterocycles. The maximum Gasteiger partial charge on any atom is 0.407 e. The lowest BCUT2D eigenvalue weighted by atomic mass is 9.77. The number of amides is 2. The van der Waals surface area contributed by atoms with E-state index in [9.17, 15) is 19.5 Å². The molecule has 2 amide bonds. The number of rotatable bonds is 10. The highest BCUT2D eigenvalue weighted by Gasteiger charge is 2.44. The summed E-state index contributed by atoms with van der Waals surface area (Å²) in [6.07, 6.45) is 0.500. The third-order valence-corrected chi connectivity index (χ3v) is 8.62. The van der Waals surface area contributed by atoms with Crippen molar-refractivity contribution in [1.29, 1.82) is 0 Å². The van der Waals surface area contributed by atoms with E-state index < -0.39 is 35.7 Å². The van der Waals surface area contributed by atoms with Crippen molar-refractivity contribution in [2.24, 2.45) is 5.92 Å². The van der Waals surface area contributed by atoms with Crippen molar-refractivity contribution in [3.8, 4) is 11.1 Å². The number of fused-ring (bicyclic) bond motifs is 3. The van der Waals surface area contributed by atoms with Crippen LogP contribution in [0.3, 0.4) is 0 Å². The number of carbonyl (C=O) groups is 3. The first-order valence-electron chi connectivity index (χ1n) is 14.6. The Morgan fingerprint density at radius 3 is 2.07 bits per heavy atom. The molecule has 5 rings (SSSR count). The van der Waals surface area contributed by atoms with Gasteiger partial charge in [0.05, 0.1) is 12.7 Å². The third kappa shape index (κ3) is 6.34. The van der Waals surface area contributed by atoms with Gasteiger partial charge in [-0.2, -0.15) is 0 Å². The minimum atomic E-state index is -1.39. The van der Waals surface area contributed by atoms with E-state index in [0.717, 1.165) is 27.8 Å². The van der Waals surface area contributed by atoms with Gasteiger partial charge in [0.25, 0.3) is 0 Å². The molecule has 2 aliphatic rings. The van der Waals surface area contributed by atoms with Gasteiger partial charge in [-0.15, -0.1) is 0 Å². The Morgan fingerprint density at radius 2 is 1.48 bits per heavy atom. The first-order valence-corrected chi connectivity index (χ1v) is 14.6. The molecule has 1 saturated carbocycles. The summed E-state index contributed by atoms with van der Waals surface area (Å²) in [7, 11) is 0. The van der Waals surface area contributed by atoms with Crippen molar-refractivity contribution in [2.75, 3.05) is 6.61 Å². The quantitative estimate of drug-likeness (QED) is 0.290. The van der Waals surface area contributed by atoms with Crippen molar-refractivity contribution in [2.45, 2.75) is 69.7 Å². The molecule has 220 valence electrons. The molecule has 2 aliphatic carbocycles. The Hall–Kier alpha value is -4.17. The monoisotopic (exact) mass is 570 g/mol. The normalized spacial score (nSPS) is 21.0. The van der Waals surface area contributed by atoms with Crippen LogP contribution in [0.4, 0.5) is 4.79 Å². The minimum Gasteiger partial charge on any atom is -0.480 e. The highest BCUT2D eigenvalue weighted by Crippen LogP contribution is 2.44. The zero-order valence-corrected chi connectivity index (χ0v) is 24.0. The summed E-state index contributed by atoms with van der Waals surface area (Å²) in [5, 5.41) is 15.5. The molecule has 3 N–H and O–H groups in total. The number of aliphatic carboxylic acids is 1. The van der Waals surface area contributed by atoms with E-state index in [4.69, 9.17) is 9.47 Å². The summed E-state index contributed by atoms with van der Waals surface area (Å²) < 4.78 is 11.7. The van der Waals surface area contributed by atoms with Gasteiger partial charge in [0.2, 0.25) is 5.91 Å². The second-order valence-electron chi connectivity index (χ2n) is 11.5. The van der Waals surface area contributed by atoms with E-state index in [2.05, 4.69) is 29.7 Å². The van der Waals surface area contributed by atoms with Crippen LogP contribution in [0.15, 0.2) is 78.9 Å². The van der Waals surface area contributed by atoms with Crippen LogP contribution in [0.5, 0.6) is 0 Å². The number of benzene rings is 3. The zero-order valence-electron chi connectivity index (χ0n) is 24.0. The molecule has 3 aromatic carbocycles. The maximum absolute atomic E-state index is 13.7. The van der Waals surface area contributed by atoms with Crippen molar-refractivity contribution in [3.05, 3.63) is 95.6 Å². The van der Waals surface area contributed by atoms with Gasteiger partial charge >= 0.3 is 12.1 Å². The fourth-order valence-corrected chi connectivity index (χ4v) is 6.02. The second-order valence-corrected chi connectivity index (χ2v) is 11.5.